The van der Waals surface area contributed by atoms with E-state index in [0.29, 0.717) is 5.75 Å². The Morgan fingerprint density at radius 2 is 1.29 bits per heavy atom. The monoisotopic (exact) mass is 410 g/mol. The van der Waals surface area contributed by atoms with Crippen molar-refractivity contribution >= 4 is 16.8 Å². The van der Waals surface area contributed by atoms with E-state index in [9.17, 15) is 5.11 Å². The molecule has 5 rings (SSSR count). The second-order valence-electron chi connectivity index (χ2n) is 7.48. The summed E-state index contributed by atoms with van der Waals surface area (Å²) < 4.78 is 17.4. The van der Waals surface area contributed by atoms with Gasteiger partial charge in [0.2, 0.25) is 0 Å². The average molecular weight is 410 g/mol. The van der Waals surface area contributed by atoms with E-state index in [1.165, 1.54) is 0 Å². The summed E-state index contributed by atoms with van der Waals surface area (Å²) in [5.74, 6) is 2.38. The van der Waals surface area contributed by atoms with E-state index in [1.807, 2.05) is 72.8 Å². The van der Waals surface area contributed by atoms with E-state index in [-0.39, 0.29) is 5.75 Å². The Hall–Kier alpha value is -3.92. The van der Waals surface area contributed by atoms with E-state index in [4.69, 9.17) is 14.2 Å². The Labute approximate surface area is 180 Å². The van der Waals surface area contributed by atoms with E-state index in [1.54, 1.807) is 20.3 Å². The van der Waals surface area contributed by atoms with Crippen LogP contribution in [0.4, 0.5) is 0 Å². The summed E-state index contributed by atoms with van der Waals surface area (Å²) in [6.07, 6.45) is 4.15. The van der Waals surface area contributed by atoms with Gasteiger partial charge in [-0.1, -0.05) is 48.5 Å². The lowest BCUT2D eigenvalue weighted by Gasteiger charge is -2.36. The number of benzene rings is 4. The second-order valence-corrected chi connectivity index (χ2v) is 7.48. The lowest BCUT2D eigenvalue weighted by Crippen LogP contribution is -2.34. The molecule has 1 heterocycles. The predicted octanol–water partition coefficient (Wildman–Crippen LogP) is 5.91. The van der Waals surface area contributed by atoms with Crippen LogP contribution in [0, 0.1) is 0 Å². The van der Waals surface area contributed by atoms with Crippen LogP contribution in [0.15, 0.2) is 84.9 Å². The molecule has 0 aliphatic carbocycles. The lowest BCUT2D eigenvalue weighted by atomic mass is 9.83. The molecule has 0 radical (unpaired) electrons. The molecule has 4 heteroatoms. The minimum atomic E-state index is -0.861. The smallest absolute Gasteiger partial charge is 0.178 e. The maximum Gasteiger partial charge on any atom is 0.178 e. The molecule has 31 heavy (non-hydrogen) atoms. The normalized spacial score (nSPS) is 14.0. The Bertz CT molecular complexity index is 1220. The van der Waals surface area contributed by atoms with E-state index in [2.05, 4.69) is 12.2 Å². The number of rotatable bonds is 4. The highest BCUT2D eigenvalue weighted by Gasteiger charge is 2.37. The van der Waals surface area contributed by atoms with Crippen molar-refractivity contribution < 1.29 is 19.3 Å². The molecule has 0 aromatic heterocycles. The van der Waals surface area contributed by atoms with E-state index in [0.717, 1.165) is 39.0 Å². The van der Waals surface area contributed by atoms with Crippen LogP contribution in [0.5, 0.6) is 23.0 Å². The fraction of sp³-hybridized carbons (Fsp3) is 0.111. The van der Waals surface area contributed by atoms with Gasteiger partial charge in [0.25, 0.3) is 0 Å². The highest BCUT2D eigenvalue weighted by Crippen LogP contribution is 2.46. The first-order valence-corrected chi connectivity index (χ1v) is 10.1. The topological polar surface area (TPSA) is 47.9 Å². The zero-order valence-corrected chi connectivity index (χ0v) is 17.3. The Morgan fingerprint density at radius 3 is 1.84 bits per heavy atom. The van der Waals surface area contributed by atoms with Crippen LogP contribution in [0.25, 0.3) is 16.8 Å². The number of phenols is 1. The molecule has 0 bridgehead atoms. The highest BCUT2D eigenvalue weighted by atomic mass is 16.5. The molecule has 4 nitrogen and oxygen atoms in total. The van der Waals surface area contributed by atoms with E-state index >= 15 is 0 Å². The van der Waals surface area contributed by atoms with Crippen molar-refractivity contribution in [2.24, 2.45) is 0 Å². The summed E-state index contributed by atoms with van der Waals surface area (Å²) in [4.78, 5) is 0. The molecular formula is C27H22O4. The number of fused-ring (bicyclic) bond motifs is 3. The van der Waals surface area contributed by atoms with Gasteiger partial charge in [0.05, 0.1) is 14.2 Å². The number of hydrogen-bond donors (Lipinski definition) is 1. The van der Waals surface area contributed by atoms with Crippen LogP contribution in [0.3, 0.4) is 0 Å². The molecular weight excluding hydrogens is 388 g/mol. The molecule has 1 aliphatic rings. The van der Waals surface area contributed by atoms with Crippen molar-refractivity contribution in [2.45, 2.75) is 5.60 Å². The van der Waals surface area contributed by atoms with Gasteiger partial charge in [0, 0.05) is 28.1 Å². The molecule has 0 fully saturated rings. The molecule has 1 aliphatic heterocycles. The molecule has 154 valence electrons. The summed E-state index contributed by atoms with van der Waals surface area (Å²) in [6.45, 7) is 0. The van der Waals surface area contributed by atoms with Crippen LogP contribution in [-0.4, -0.2) is 19.3 Å². The van der Waals surface area contributed by atoms with Crippen molar-refractivity contribution in [2.75, 3.05) is 14.2 Å². The molecule has 0 unspecified atom stereocenters. The second kappa shape index (κ2) is 7.40. The third-order valence-electron chi connectivity index (χ3n) is 5.82. The van der Waals surface area contributed by atoms with Crippen LogP contribution in [0.1, 0.15) is 16.7 Å². The van der Waals surface area contributed by atoms with Crippen molar-refractivity contribution in [1.29, 1.82) is 0 Å². The molecule has 0 amide bonds. The van der Waals surface area contributed by atoms with Gasteiger partial charge in [-0.3, -0.25) is 0 Å². The minimum Gasteiger partial charge on any atom is -0.507 e. The first-order valence-electron chi connectivity index (χ1n) is 10.1. The highest BCUT2D eigenvalue weighted by molar-refractivity contribution is 5.97. The first-order chi connectivity index (χ1) is 15.1. The van der Waals surface area contributed by atoms with Gasteiger partial charge < -0.3 is 19.3 Å². The minimum absolute atomic E-state index is 0.197. The fourth-order valence-electron chi connectivity index (χ4n) is 4.17. The fourth-order valence-corrected chi connectivity index (χ4v) is 4.17. The number of methoxy groups -OCH3 is 2. The zero-order chi connectivity index (χ0) is 21.4. The zero-order valence-electron chi connectivity index (χ0n) is 17.3. The number of aromatic hydroxyl groups is 1. The lowest BCUT2D eigenvalue weighted by molar-refractivity contribution is 0.160. The predicted molar refractivity (Wildman–Crippen MR) is 122 cm³/mol. The molecule has 0 saturated carbocycles. The van der Waals surface area contributed by atoms with Gasteiger partial charge >= 0.3 is 0 Å². The van der Waals surface area contributed by atoms with Crippen LogP contribution in [0.2, 0.25) is 0 Å². The van der Waals surface area contributed by atoms with Crippen LogP contribution in [-0.2, 0) is 5.60 Å². The largest absolute Gasteiger partial charge is 0.507 e. The number of ether oxygens (including phenoxy) is 3. The van der Waals surface area contributed by atoms with E-state index < -0.39 is 5.60 Å². The maximum absolute atomic E-state index is 10.6. The maximum atomic E-state index is 10.6. The Kier molecular flexibility index (Phi) is 4.55. The summed E-state index contributed by atoms with van der Waals surface area (Å²) in [6, 6.07) is 25.2. The van der Waals surface area contributed by atoms with Crippen molar-refractivity contribution in [3.63, 3.8) is 0 Å². The van der Waals surface area contributed by atoms with Gasteiger partial charge in [0.1, 0.15) is 23.0 Å². The summed E-state index contributed by atoms with van der Waals surface area (Å²) in [5, 5.41) is 12.4. The first kappa shape index (κ1) is 19.1. The van der Waals surface area contributed by atoms with Crippen LogP contribution < -0.4 is 14.2 Å². The van der Waals surface area contributed by atoms with Crippen molar-refractivity contribution in [3.05, 3.63) is 102 Å². The molecule has 4 aromatic carbocycles. The number of hydrogen-bond acceptors (Lipinski definition) is 4. The van der Waals surface area contributed by atoms with Crippen molar-refractivity contribution in [3.8, 4) is 23.0 Å². The Balaban J connectivity index is 1.71. The van der Waals surface area contributed by atoms with Crippen LogP contribution >= 0.6 is 0 Å². The Morgan fingerprint density at radius 1 is 0.742 bits per heavy atom. The molecule has 1 N–H and O–H groups in total. The van der Waals surface area contributed by atoms with Gasteiger partial charge in [-0.2, -0.15) is 0 Å². The summed E-state index contributed by atoms with van der Waals surface area (Å²) in [5.41, 5.74) is 1.99. The standard InChI is InChI=1S/C27H22O4/c1-29-20-11-7-18(8-12-20)27(19-9-13-21(30-2)14-10-19)16-15-24-22-5-3-4-6-23(22)25(28)17-26(24)31-27/h3-17,28H,1-2H3. The quantitative estimate of drug-likeness (QED) is 0.454. The summed E-state index contributed by atoms with van der Waals surface area (Å²) >= 11 is 0. The molecule has 0 atom stereocenters. The van der Waals surface area contributed by atoms with Gasteiger partial charge in [-0.25, -0.2) is 0 Å². The molecule has 0 spiro atoms. The molecule has 0 saturated heterocycles. The SMILES string of the molecule is COc1ccc(C2(c3ccc(OC)cc3)C=Cc3c(cc(O)c4ccccc34)O2)cc1. The van der Waals surface area contributed by atoms with Crippen molar-refractivity contribution in [1.82, 2.24) is 0 Å². The molecule has 4 aromatic rings. The van der Waals surface area contributed by atoms with Gasteiger partial charge in [0.15, 0.2) is 5.60 Å². The van der Waals surface area contributed by atoms with Gasteiger partial charge in [-0.15, -0.1) is 0 Å². The summed E-state index contributed by atoms with van der Waals surface area (Å²) in [7, 11) is 3.30. The number of phenolic OH excluding ortho intramolecular Hbond substituents is 1. The third-order valence-corrected chi connectivity index (χ3v) is 5.82. The van der Waals surface area contributed by atoms with Gasteiger partial charge in [-0.05, 0) is 41.8 Å². The third kappa shape index (κ3) is 3.08. The average Bonchev–Trinajstić information content (AvgIpc) is 2.84.